The molecule has 4 nitrogen and oxygen atoms in total. The molecule has 0 saturated carbocycles. The van der Waals surface area contributed by atoms with Gasteiger partial charge in [-0.2, -0.15) is 0 Å². The standard InChI is InChI=1S/C18H20BrNO3/c1-13(23-16-9-7-15(19)8-10-16)18(21)20-12-11-14-5-3-4-6-17(14)22-2/h3-10,13H,11-12H2,1-2H3,(H,20,21). The molecule has 0 fully saturated rings. The van der Waals surface area contributed by atoms with E-state index < -0.39 is 6.10 Å². The highest BCUT2D eigenvalue weighted by molar-refractivity contribution is 9.10. The van der Waals surface area contributed by atoms with E-state index >= 15 is 0 Å². The van der Waals surface area contributed by atoms with E-state index in [1.54, 1.807) is 14.0 Å². The summed E-state index contributed by atoms with van der Waals surface area (Å²) in [6.07, 6.45) is 0.162. The summed E-state index contributed by atoms with van der Waals surface area (Å²) in [7, 11) is 1.64. The molecule has 1 atom stereocenters. The number of benzene rings is 2. The number of nitrogens with one attached hydrogen (secondary N) is 1. The molecule has 0 heterocycles. The molecule has 0 radical (unpaired) electrons. The van der Waals surface area contributed by atoms with E-state index in [2.05, 4.69) is 21.2 Å². The normalized spacial score (nSPS) is 11.6. The van der Waals surface area contributed by atoms with Gasteiger partial charge in [-0.05, 0) is 49.2 Å². The van der Waals surface area contributed by atoms with Crippen molar-refractivity contribution < 1.29 is 14.3 Å². The van der Waals surface area contributed by atoms with Gasteiger partial charge in [0.2, 0.25) is 0 Å². The third kappa shape index (κ3) is 5.28. The third-order valence-corrected chi connectivity index (χ3v) is 3.91. The number of rotatable bonds is 7. The first-order valence-corrected chi connectivity index (χ1v) is 8.21. The number of carbonyl (C=O) groups excluding carboxylic acids is 1. The Morgan fingerprint density at radius 1 is 1.17 bits per heavy atom. The van der Waals surface area contributed by atoms with Gasteiger partial charge >= 0.3 is 0 Å². The quantitative estimate of drug-likeness (QED) is 0.801. The van der Waals surface area contributed by atoms with Crippen molar-refractivity contribution in [1.82, 2.24) is 5.32 Å². The Hall–Kier alpha value is -2.01. The minimum Gasteiger partial charge on any atom is -0.496 e. The van der Waals surface area contributed by atoms with E-state index in [1.807, 2.05) is 48.5 Å². The lowest BCUT2D eigenvalue weighted by atomic mass is 10.1. The van der Waals surface area contributed by atoms with Crippen LogP contribution in [-0.2, 0) is 11.2 Å². The van der Waals surface area contributed by atoms with Crippen LogP contribution in [0.5, 0.6) is 11.5 Å². The number of amides is 1. The molecule has 0 spiro atoms. The first-order chi connectivity index (χ1) is 11.1. The van der Waals surface area contributed by atoms with E-state index in [0.29, 0.717) is 18.7 Å². The predicted octanol–water partition coefficient (Wildman–Crippen LogP) is 3.58. The summed E-state index contributed by atoms with van der Waals surface area (Å²) in [5.74, 6) is 1.37. The van der Waals surface area contributed by atoms with Crippen LogP contribution >= 0.6 is 15.9 Å². The molecule has 23 heavy (non-hydrogen) atoms. The van der Waals surface area contributed by atoms with Crippen molar-refractivity contribution in [2.75, 3.05) is 13.7 Å². The first-order valence-electron chi connectivity index (χ1n) is 7.42. The van der Waals surface area contributed by atoms with Crippen LogP contribution in [0.2, 0.25) is 0 Å². The zero-order valence-corrected chi connectivity index (χ0v) is 14.8. The highest BCUT2D eigenvalue weighted by Crippen LogP contribution is 2.18. The average Bonchev–Trinajstić information content (AvgIpc) is 2.57. The fraction of sp³-hybridized carbons (Fsp3) is 0.278. The summed E-state index contributed by atoms with van der Waals surface area (Å²) < 4.78 is 11.9. The highest BCUT2D eigenvalue weighted by Gasteiger charge is 2.14. The van der Waals surface area contributed by atoms with E-state index in [-0.39, 0.29) is 5.91 Å². The van der Waals surface area contributed by atoms with Crippen molar-refractivity contribution in [1.29, 1.82) is 0 Å². The maximum Gasteiger partial charge on any atom is 0.260 e. The number of hydrogen-bond acceptors (Lipinski definition) is 3. The van der Waals surface area contributed by atoms with Gasteiger partial charge in [-0.25, -0.2) is 0 Å². The van der Waals surface area contributed by atoms with Crippen molar-refractivity contribution in [2.24, 2.45) is 0 Å². The summed E-state index contributed by atoms with van der Waals surface area (Å²) in [4.78, 5) is 12.1. The van der Waals surface area contributed by atoms with Crippen LogP contribution in [0.15, 0.2) is 53.0 Å². The maximum atomic E-state index is 12.1. The molecule has 0 bridgehead atoms. The lowest BCUT2D eigenvalue weighted by Crippen LogP contribution is -2.37. The topological polar surface area (TPSA) is 47.6 Å². The summed E-state index contributed by atoms with van der Waals surface area (Å²) in [5, 5.41) is 2.89. The molecule has 1 unspecified atom stereocenters. The molecule has 2 aromatic carbocycles. The fourth-order valence-corrected chi connectivity index (χ4v) is 2.41. The van der Waals surface area contributed by atoms with E-state index in [4.69, 9.17) is 9.47 Å². The number of carbonyl (C=O) groups is 1. The average molecular weight is 378 g/mol. The summed E-state index contributed by atoms with van der Waals surface area (Å²) in [6.45, 7) is 2.27. The number of hydrogen-bond donors (Lipinski definition) is 1. The molecular weight excluding hydrogens is 358 g/mol. The molecule has 5 heteroatoms. The van der Waals surface area contributed by atoms with Gasteiger partial charge in [-0.15, -0.1) is 0 Å². The highest BCUT2D eigenvalue weighted by atomic mass is 79.9. The van der Waals surface area contributed by atoms with Crippen molar-refractivity contribution in [2.45, 2.75) is 19.4 Å². The largest absolute Gasteiger partial charge is 0.496 e. The second-order valence-corrected chi connectivity index (χ2v) is 5.98. The monoisotopic (exact) mass is 377 g/mol. The Morgan fingerprint density at radius 3 is 2.57 bits per heavy atom. The summed E-state index contributed by atoms with van der Waals surface area (Å²) in [6, 6.07) is 15.2. The molecule has 1 amide bonds. The van der Waals surface area contributed by atoms with E-state index in [1.165, 1.54) is 0 Å². The zero-order valence-electron chi connectivity index (χ0n) is 13.2. The maximum absolute atomic E-state index is 12.1. The van der Waals surface area contributed by atoms with Crippen molar-refractivity contribution in [3.63, 3.8) is 0 Å². The Kier molecular flexibility index (Phi) is 6.47. The van der Waals surface area contributed by atoms with Crippen LogP contribution in [0.3, 0.4) is 0 Å². The number of para-hydroxylation sites is 1. The van der Waals surface area contributed by atoms with Crippen LogP contribution in [-0.4, -0.2) is 25.7 Å². The van der Waals surface area contributed by atoms with Crippen molar-refractivity contribution in [3.05, 3.63) is 58.6 Å². The number of methoxy groups -OCH3 is 1. The first kappa shape index (κ1) is 17.3. The molecule has 2 aromatic rings. The van der Waals surface area contributed by atoms with Crippen LogP contribution in [0.25, 0.3) is 0 Å². The van der Waals surface area contributed by atoms with Gasteiger partial charge in [0.15, 0.2) is 6.10 Å². The molecule has 2 rings (SSSR count). The van der Waals surface area contributed by atoms with Crippen LogP contribution in [0.1, 0.15) is 12.5 Å². The Bertz CT molecular complexity index is 643. The van der Waals surface area contributed by atoms with Gasteiger partial charge in [-0.1, -0.05) is 34.1 Å². The van der Waals surface area contributed by atoms with E-state index in [0.717, 1.165) is 15.8 Å². The van der Waals surface area contributed by atoms with E-state index in [9.17, 15) is 4.79 Å². The minimum absolute atomic E-state index is 0.136. The van der Waals surface area contributed by atoms with Gasteiger partial charge < -0.3 is 14.8 Å². The molecule has 122 valence electrons. The van der Waals surface area contributed by atoms with Crippen LogP contribution < -0.4 is 14.8 Å². The molecule has 0 aliphatic rings. The third-order valence-electron chi connectivity index (χ3n) is 3.38. The molecular formula is C18H20BrNO3. The SMILES string of the molecule is COc1ccccc1CCNC(=O)C(C)Oc1ccc(Br)cc1. The van der Waals surface area contributed by atoms with Crippen LogP contribution in [0, 0.1) is 0 Å². The van der Waals surface area contributed by atoms with Gasteiger partial charge in [-0.3, -0.25) is 4.79 Å². The van der Waals surface area contributed by atoms with Crippen LogP contribution in [0.4, 0.5) is 0 Å². The molecule has 0 aliphatic carbocycles. The summed E-state index contributed by atoms with van der Waals surface area (Å²) >= 11 is 3.36. The van der Waals surface area contributed by atoms with Crippen molar-refractivity contribution >= 4 is 21.8 Å². The predicted molar refractivity (Wildman–Crippen MR) is 93.9 cm³/mol. The molecule has 0 aromatic heterocycles. The number of ether oxygens (including phenoxy) is 2. The smallest absolute Gasteiger partial charge is 0.260 e. The lowest BCUT2D eigenvalue weighted by molar-refractivity contribution is -0.127. The Morgan fingerprint density at radius 2 is 1.87 bits per heavy atom. The second-order valence-electron chi connectivity index (χ2n) is 5.07. The molecule has 0 saturated heterocycles. The molecule has 1 N–H and O–H groups in total. The lowest BCUT2D eigenvalue weighted by Gasteiger charge is -2.15. The zero-order chi connectivity index (χ0) is 16.7. The Balaban J connectivity index is 1.81. The minimum atomic E-state index is -0.547. The van der Waals surface area contributed by atoms with Gasteiger partial charge in [0.25, 0.3) is 5.91 Å². The van der Waals surface area contributed by atoms with Crippen molar-refractivity contribution in [3.8, 4) is 11.5 Å². The Labute approximate surface area is 144 Å². The summed E-state index contributed by atoms with van der Waals surface area (Å²) in [5.41, 5.74) is 1.07. The molecule has 0 aliphatic heterocycles. The van der Waals surface area contributed by atoms with Gasteiger partial charge in [0.1, 0.15) is 11.5 Å². The van der Waals surface area contributed by atoms with Gasteiger partial charge in [0, 0.05) is 11.0 Å². The number of halogens is 1. The second kappa shape index (κ2) is 8.58. The van der Waals surface area contributed by atoms with Gasteiger partial charge in [0.05, 0.1) is 7.11 Å². The fourth-order valence-electron chi connectivity index (χ4n) is 2.14.